The molecular weight excluding hydrogens is 300 g/mol. The molecular formula is C19H20N4O. The number of hydrogen-bond acceptors (Lipinski definition) is 4. The molecule has 3 aromatic rings. The largest absolute Gasteiger partial charge is 0.369 e. The molecule has 0 saturated carbocycles. The Labute approximate surface area is 141 Å². The lowest BCUT2D eigenvalue weighted by molar-refractivity contribution is -0.130. The van der Waals surface area contributed by atoms with Crippen LogP contribution in [0.4, 0.5) is 5.82 Å². The quantitative estimate of drug-likeness (QED) is 0.758. The van der Waals surface area contributed by atoms with Crippen molar-refractivity contribution >= 4 is 22.6 Å². The second-order valence-electron chi connectivity index (χ2n) is 5.65. The Morgan fingerprint density at radius 3 is 2.62 bits per heavy atom. The Morgan fingerprint density at radius 2 is 1.79 bits per heavy atom. The van der Waals surface area contributed by atoms with E-state index in [2.05, 4.69) is 15.3 Å². The van der Waals surface area contributed by atoms with Crippen LogP contribution in [0.25, 0.3) is 10.9 Å². The normalized spacial score (nSPS) is 10.5. The van der Waals surface area contributed by atoms with Crippen molar-refractivity contribution in [2.45, 2.75) is 13.0 Å². The fourth-order valence-corrected chi connectivity index (χ4v) is 2.57. The minimum absolute atomic E-state index is 0.102. The van der Waals surface area contributed by atoms with Gasteiger partial charge in [-0.3, -0.25) is 4.79 Å². The third-order valence-corrected chi connectivity index (χ3v) is 3.86. The van der Waals surface area contributed by atoms with Gasteiger partial charge in [-0.15, -0.1) is 0 Å². The molecule has 0 aliphatic rings. The van der Waals surface area contributed by atoms with E-state index in [4.69, 9.17) is 0 Å². The summed E-state index contributed by atoms with van der Waals surface area (Å²) in [4.78, 5) is 22.5. The molecule has 24 heavy (non-hydrogen) atoms. The average molecular weight is 320 g/mol. The van der Waals surface area contributed by atoms with Crippen LogP contribution in [-0.2, 0) is 11.3 Å². The number of aromatic nitrogens is 2. The molecule has 1 amide bonds. The molecule has 122 valence electrons. The smallest absolute Gasteiger partial charge is 0.224 e. The minimum atomic E-state index is 0.102. The SMILES string of the molecule is CN(Cc1ccccc1)C(=O)CCNc1ncnc2ccccc12. The monoisotopic (exact) mass is 320 g/mol. The number of anilines is 1. The van der Waals surface area contributed by atoms with Crippen molar-refractivity contribution in [1.29, 1.82) is 0 Å². The van der Waals surface area contributed by atoms with E-state index in [0.717, 1.165) is 22.3 Å². The van der Waals surface area contributed by atoms with Gasteiger partial charge in [0.1, 0.15) is 12.1 Å². The number of amides is 1. The highest BCUT2D eigenvalue weighted by Crippen LogP contribution is 2.18. The van der Waals surface area contributed by atoms with Crippen LogP contribution in [0.3, 0.4) is 0 Å². The molecule has 0 saturated heterocycles. The van der Waals surface area contributed by atoms with E-state index in [1.807, 2.05) is 61.6 Å². The zero-order valence-corrected chi connectivity index (χ0v) is 13.6. The van der Waals surface area contributed by atoms with Gasteiger partial charge < -0.3 is 10.2 Å². The van der Waals surface area contributed by atoms with E-state index in [1.165, 1.54) is 6.33 Å². The fourth-order valence-electron chi connectivity index (χ4n) is 2.57. The Hall–Kier alpha value is -2.95. The molecule has 1 aromatic heterocycles. The molecule has 0 fully saturated rings. The first-order valence-electron chi connectivity index (χ1n) is 7.95. The van der Waals surface area contributed by atoms with Gasteiger partial charge in [0, 0.05) is 31.9 Å². The minimum Gasteiger partial charge on any atom is -0.369 e. The van der Waals surface area contributed by atoms with E-state index in [1.54, 1.807) is 4.90 Å². The van der Waals surface area contributed by atoms with Gasteiger partial charge in [-0.1, -0.05) is 42.5 Å². The summed E-state index contributed by atoms with van der Waals surface area (Å²) in [5.74, 6) is 0.865. The Kier molecular flexibility index (Phi) is 5.01. The van der Waals surface area contributed by atoms with Crippen molar-refractivity contribution in [2.24, 2.45) is 0 Å². The van der Waals surface area contributed by atoms with Gasteiger partial charge in [-0.2, -0.15) is 0 Å². The predicted molar refractivity (Wildman–Crippen MR) is 95.6 cm³/mol. The second-order valence-corrected chi connectivity index (χ2v) is 5.65. The van der Waals surface area contributed by atoms with Crippen LogP contribution in [0.2, 0.25) is 0 Å². The maximum Gasteiger partial charge on any atom is 0.224 e. The third-order valence-electron chi connectivity index (χ3n) is 3.86. The van der Waals surface area contributed by atoms with Crippen molar-refractivity contribution in [3.05, 3.63) is 66.5 Å². The highest BCUT2D eigenvalue weighted by molar-refractivity contribution is 5.88. The lowest BCUT2D eigenvalue weighted by Gasteiger charge is -2.17. The van der Waals surface area contributed by atoms with Gasteiger partial charge in [0.25, 0.3) is 0 Å². The van der Waals surface area contributed by atoms with E-state index in [0.29, 0.717) is 19.5 Å². The van der Waals surface area contributed by atoms with Crippen LogP contribution in [-0.4, -0.2) is 34.4 Å². The number of benzene rings is 2. The summed E-state index contributed by atoms with van der Waals surface area (Å²) in [6.45, 7) is 1.16. The van der Waals surface area contributed by atoms with Gasteiger partial charge in [0.2, 0.25) is 5.91 Å². The number of para-hydroxylation sites is 1. The Bertz CT molecular complexity index is 814. The molecule has 2 aromatic carbocycles. The molecule has 1 heterocycles. The first-order valence-corrected chi connectivity index (χ1v) is 7.95. The van der Waals surface area contributed by atoms with Crippen LogP contribution < -0.4 is 5.32 Å². The number of hydrogen-bond donors (Lipinski definition) is 1. The van der Waals surface area contributed by atoms with Crippen LogP contribution >= 0.6 is 0 Å². The molecule has 5 nitrogen and oxygen atoms in total. The van der Waals surface area contributed by atoms with E-state index >= 15 is 0 Å². The summed E-state index contributed by atoms with van der Waals surface area (Å²) in [6.07, 6.45) is 1.95. The molecule has 0 aliphatic heterocycles. The summed E-state index contributed by atoms with van der Waals surface area (Å²) in [5, 5.41) is 4.20. The topological polar surface area (TPSA) is 58.1 Å². The zero-order valence-electron chi connectivity index (χ0n) is 13.6. The van der Waals surface area contributed by atoms with Gasteiger partial charge in [0.05, 0.1) is 5.52 Å². The van der Waals surface area contributed by atoms with Crippen molar-refractivity contribution in [3.8, 4) is 0 Å². The highest BCUT2D eigenvalue weighted by atomic mass is 16.2. The van der Waals surface area contributed by atoms with E-state index in [9.17, 15) is 4.79 Å². The lowest BCUT2D eigenvalue weighted by Crippen LogP contribution is -2.27. The Morgan fingerprint density at radius 1 is 1.04 bits per heavy atom. The standard InChI is InChI=1S/C19H20N4O/c1-23(13-15-7-3-2-4-8-15)18(24)11-12-20-19-16-9-5-6-10-17(16)21-14-22-19/h2-10,14H,11-13H2,1H3,(H,20,21,22). The number of nitrogens with one attached hydrogen (secondary N) is 1. The number of carbonyl (C=O) groups excluding carboxylic acids is 1. The summed E-state index contributed by atoms with van der Waals surface area (Å²) in [6, 6.07) is 17.8. The van der Waals surface area contributed by atoms with Gasteiger partial charge in [-0.05, 0) is 17.7 Å². The molecule has 0 aliphatic carbocycles. The van der Waals surface area contributed by atoms with Crippen LogP contribution in [0.1, 0.15) is 12.0 Å². The number of fused-ring (bicyclic) bond motifs is 1. The zero-order chi connectivity index (χ0) is 16.8. The Balaban J connectivity index is 1.54. The molecule has 0 spiro atoms. The molecule has 0 radical (unpaired) electrons. The van der Waals surface area contributed by atoms with Crippen LogP contribution in [0.5, 0.6) is 0 Å². The number of rotatable bonds is 6. The molecule has 0 unspecified atom stereocenters. The summed E-state index contributed by atoms with van der Waals surface area (Å²) in [5.41, 5.74) is 2.02. The summed E-state index contributed by atoms with van der Waals surface area (Å²) in [7, 11) is 1.83. The van der Waals surface area contributed by atoms with Gasteiger partial charge in [0.15, 0.2) is 0 Å². The van der Waals surface area contributed by atoms with Crippen molar-refractivity contribution < 1.29 is 4.79 Å². The molecule has 1 N–H and O–H groups in total. The molecule has 0 atom stereocenters. The summed E-state index contributed by atoms with van der Waals surface area (Å²) >= 11 is 0. The van der Waals surface area contributed by atoms with Crippen LogP contribution in [0.15, 0.2) is 60.9 Å². The first kappa shape index (κ1) is 15.9. The second kappa shape index (κ2) is 7.55. The number of nitrogens with zero attached hydrogens (tertiary/aromatic N) is 3. The molecule has 0 bridgehead atoms. The van der Waals surface area contributed by atoms with Crippen molar-refractivity contribution in [1.82, 2.24) is 14.9 Å². The maximum absolute atomic E-state index is 12.3. The van der Waals surface area contributed by atoms with Gasteiger partial charge in [-0.25, -0.2) is 9.97 Å². The van der Waals surface area contributed by atoms with Crippen LogP contribution in [0, 0.1) is 0 Å². The average Bonchev–Trinajstić information content (AvgIpc) is 2.62. The van der Waals surface area contributed by atoms with Crippen molar-refractivity contribution in [3.63, 3.8) is 0 Å². The molecule has 5 heteroatoms. The predicted octanol–water partition coefficient (Wildman–Crippen LogP) is 3.09. The third kappa shape index (κ3) is 3.87. The summed E-state index contributed by atoms with van der Waals surface area (Å²) < 4.78 is 0. The molecule has 3 rings (SSSR count). The van der Waals surface area contributed by atoms with Crippen molar-refractivity contribution in [2.75, 3.05) is 18.9 Å². The maximum atomic E-state index is 12.3. The van der Waals surface area contributed by atoms with E-state index in [-0.39, 0.29) is 5.91 Å². The van der Waals surface area contributed by atoms with Gasteiger partial charge >= 0.3 is 0 Å². The van der Waals surface area contributed by atoms with E-state index < -0.39 is 0 Å². The number of carbonyl (C=O) groups is 1. The first-order chi connectivity index (χ1) is 11.7. The highest BCUT2D eigenvalue weighted by Gasteiger charge is 2.09. The lowest BCUT2D eigenvalue weighted by atomic mass is 10.2. The fraction of sp³-hybridized carbons (Fsp3) is 0.211.